The fourth-order valence-corrected chi connectivity index (χ4v) is 4.06. The Labute approximate surface area is 128 Å². The van der Waals surface area contributed by atoms with Crippen molar-refractivity contribution in [3.63, 3.8) is 0 Å². The molecule has 1 aliphatic rings. The molecule has 2 rings (SSSR count). The van der Waals surface area contributed by atoms with Crippen LogP contribution in [0, 0.1) is 5.82 Å². The van der Waals surface area contributed by atoms with Crippen molar-refractivity contribution in [3.8, 4) is 0 Å². The second-order valence-corrected chi connectivity index (χ2v) is 8.64. The van der Waals surface area contributed by atoms with Gasteiger partial charge in [-0.25, -0.2) is 12.8 Å². The zero-order valence-corrected chi connectivity index (χ0v) is 13.4. The van der Waals surface area contributed by atoms with E-state index in [1.54, 1.807) is 0 Å². The van der Waals surface area contributed by atoms with Crippen LogP contribution in [0.15, 0.2) is 23.2 Å². The van der Waals surface area contributed by atoms with Gasteiger partial charge in [0.15, 0.2) is 9.84 Å². The molecule has 0 radical (unpaired) electrons. The Bertz CT molecular complexity index is 787. The number of nitrogens with two attached hydrogens (primary N) is 2. The third-order valence-corrected chi connectivity index (χ3v) is 6.77. The fourth-order valence-electron chi connectivity index (χ4n) is 2.37. The number of carbonyl (C=O) groups is 1. The highest BCUT2D eigenvalue weighted by Gasteiger charge is 2.49. The Morgan fingerprint density at radius 2 is 1.91 bits per heavy atom. The van der Waals surface area contributed by atoms with Crippen LogP contribution in [-0.4, -0.2) is 30.7 Å². The minimum absolute atomic E-state index is 0.0224. The molecule has 0 aliphatic carbocycles. The third-order valence-electron chi connectivity index (χ3n) is 4.06. The lowest BCUT2D eigenvalue weighted by atomic mass is 9.91. The lowest BCUT2D eigenvalue weighted by Gasteiger charge is -2.38. The maximum Gasteiger partial charge on any atom is 0.248 e. The molecule has 1 aliphatic heterocycles. The highest BCUT2D eigenvalue weighted by Crippen LogP contribution is 2.37. The normalized spacial score (nSPS) is 26.3. The Morgan fingerprint density at radius 3 is 2.41 bits per heavy atom. The fraction of sp³-hybridized carbons (Fsp3) is 0.429. The van der Waals surface area contributed by atoms with Crippen LogP contribution in [0.3, 0.4) is 0 Å². The van der Waals surface area contributed by atoms with Gasteiger partial charge in [-0.1, -0.05) is 0 Å². The number of halogens is 1. The number of benzene rings is 1. The molecule has 1 aromatic rings. The second kappa shape index (κ2) is 4.77. The molecule has 1 aromatic carbocycles. The number of primary amides is 1. The van der Waals surface area contributed by atoms with E-state index in [0.717, 1.165) is 6.07 Å². The summed E-state index contributed by atoms with van der Waals surface area (Å²) in [6, 6.07) is 3.53. The van der Waals surface area contributed by atoms with Crippen LogP contribution in [0.1, 0.15) is 36.7 Å². The summed E-state index contributed by atoms with van der Waals surface area (Å²) in [7, 11) is -3.65. The minimum Gasteiger partial charge on any atom is -0.386 e. The summed E-state index contributed by atoms with van der Waals surface area (Å²) in [6.45, 7) is 4.38. The van der Waals surface area contributed by atoms with Gasteiger partial charge in [-0.15, -0.1) is 0 Å². The van der Waals surface area contributed by atoms with Crippen molar-refractivity contribution in [1.29, 1.82) is 0 Å². The maximum absolute atomic E-state index is 14.2. The molecule has 22 heavy (non-hydrogen) atoms. The zero-order valence-electron chi connectivity index (χ0n) is 12.6. The van der Waals surface area contributed by atoms with Crippen molar-refractivity contribution in [2.75, 3.05) is 5.75 Å². The molecule has 0 bridgehead atoms. The van der Waals surface area contributed by atoms with Gasteiger partial charge >= 0.3 is 0 Å². The lowest BCUT2D eigenvalue weighted by molar-refractivity contribution is 0.1000. The Balaban J connectivity index is 2.70. The van der Waals surface area contributed by atoms with Gasteiger partial charge in [-0.3, -0.25) is 9.79 Å². The summed E-state index contributed by atoms with van der Waals surface area (Å²) in [5.41, 5.74) is 9.64. The molecule has 0 unspecified atom stereocenters. The quantitative estimate of drug-likeness (QED) is 0.832. The number of carbonyl (C=O) groups excluding carboxylic acids is 1. The van der Waals surface area contributed by atoms with E-state index in [1.807, 2.05) is 0 Å². The molecule has 4 N–H and O–H groups in total. The summed E-state index contributed by atoms with van der Waals surface area (Å²) in [6.07, 6.45) is 0. The summed E-state index contributed by atoms with van der Waals surface area (Å²) in [4.78, 5) is 15.5. The third kappa shape index (κ3) is 2.37. The average Bonchev–Trinajstić information content (AvgIpc) is 2.36. The highest BCUT2D eigenvalue weighted by molar-refractivity contribution is 7.93. The summed E-state index contributed by atoms with van der Waals surface area (Å²) in [5.74, 6) is -1.91. The highest BCUT2D eigenvalue weighted by atomic mass is 32.2. The van der Waals surface area contributed by atoms with Crippen molar-refractivity contribution in [2.24, 2.45) is 16.5 Å². The first-order valence-corrected chi connectivity index (χ1v) is 8.24. The van der Waals surface area contributed by atoms with Crippen LogP contribution in [-0.2, 0) is 15.4 Å². The topological polar surface area (TPSA) is 116 Å². The number of aliphatic imine (C=N–C) groups is 1. The molecule has 8 heteroatoms. The van der Waals surface area contributed by atoms with Gasteiger partial charge in [-0.2, -0.15) is 0 Å². The summed E-state index contributed by atoms with van der Waals surface area (Å²) < 4.78 is 37.8. The van der Waals surface area contributed by atoms with Crippen LogP contribution < -0.4 is 11.5 Å². The van der Waals surface area contributed by atoms with Crippen molar-refractivity contribution in [2.45, 2.75) is 31.1 Å². The molecule has 0 spiro atoms. The minimum atomic E-state index is -3.65. The standard InChI is InChI=1S/C14H18FN3O3S/c1-13(2)12(17)18-14(3,7-22(13,20)21)9-6-8(11(16)19)4-5-10(9)15/h4-6H,7H2,1-3H3,(H2,16,19)(H2,17,18)/t14-/m0/s1. The van der Waals surface area contributed by atoms with Gasteiger partial charge in [0.25, 0.3) is 0 Å². The first-order chi connectivity index (χ1) is 9.91. The van der Waals surface area contributed by atoms with Crippen molar-refractivity contribution >= 4 is 21.6 Å². The molecule has 0 fully saturated rings. The summed E-state index contributed by atoms with van der Waals surface area (Å²) in [5, 5.41) is 0. The number of sulfone groups is 1. The van der Waals surface area contributed by atoms with E-state index in [2.05, 4.69) is 4.99 Å². The molecule has 1 heterocycles. The molecular formula is C14H18FN3O3S. The zero-order chi connectivity index (χ0) is 16.9. The second-order valence-electron chi connectivity index (χ2n) is 6.10. The molecule has 6 nitrogen and oxygen atoms in total. The smallest absolute Gasteiger partial charge is 0.248 e. The van der Waals surface area contributed by atoms with Crippen molar-refractivity contribution < 1.29 is 17.6 Å². The average molecular weight is 327 g/mol. The largest absolute Gasteiger partial charge is 0.386 e. The van der Waals surface area contributed by atoms with Gasteiger partial charge < -0.3 is 11.5 Å². The molecular weight excluding hydrogens is 309 g/mol. The van der Waals surface area contributed by atoms with E-state index in [9.17, 15) is 17.6 Å². The maximum atomic E-state index is 14.2. The van der Waals surface area contributed by atoms with Gasteiger partial charge in [0.1, 0.15) is 21.9 Å². The number of amides is 1. The van der Waals surface area contributed by atoms with Gasteiger partial charge in [0.05, 0.1) is 5.75 Å². The van der Waals surface area contributed by atoms with Crippen LogP contribution >= 0.6 is 0 Å². The summed E-state index contributed by atoms with van der Waals surface area (Å²) >= 11 is 0. The van der Waals surface area contributed by atoms with Crippen LogP contribution in [0.4, 0.5) is 4.39 Å². The lowest BCUT2D eigenvalue weighted by Crippen LogP contribution is -2.55. The molecule has 120 valence electrons. The molecule has 0 aromatic heterocycles. The Kier molecular flexibility index (Phi) is 3.56. The van der Waals surface area contributed by atoms with Gasteiger partial charge in [0, 0.05) is 11.1 Å². The van der Waals surface area contributed by atoms with E-state index in [1.165, 1.54) is 32.9 Å². The molecule has 1 amide bonds. The number of nitrogens with zero attached hydrogens (tertiary/aromatic N) is 1. The van der Waals surface area contributed by atoms with E-state index in [-0.39, 0.29) is 17.0 Å². The van der Waals surface area contributed by atoms with E-state index in [0.29, 0.717) is 0 Å². The Morgan fingerprint density at radius 1 is 1.32 bits per heavy atom. The number of hydrogen-bond acceptors (Lipinski definition) is 5. The SMILES string of the molecule is CC1(C)C(N)=N[C@](C)(c2cc(C(N)=O)ccc2F)CS1(=O)=O. The first kappa shape index (κ1) is 16.4. The number of rotatable bonds is 2. The first-order valence-electron chi connectivity index (χ1n) is 6.59. The van der Waals surface area contributed by atoms with Crippen LogP contribution in [0.2, 0.25) is 0 Å². The molecule has 0 saturated carbocycles. The Hall–Kier alpha value is -1.96. The monoisotopic (exact) mass is 327 g/mol. The van der Waals surface area contributed by atoms with Gasteiger partial charge in [0.2, 0.25) is 5.91 Å². The number of amidine groups is 1. The van der Waals surface area contributed by atoms with E-state index in [4.69, 9.17) is 11.5 Å². The van der Waals surface area contributed by atoms with Crippen LogP contribution in [0.25, 0.3) is 0 Å². The van der Waals surface area contributed by atoms with Crippen molar-refractivity contribution in [3.05, 3.63) is 35.1 Å². The van der Waals surface area contributed by atoms with E-state index >= 15 is 0 Å². The number of hydrogen-bond donors (Lipinski definition) is 2. The van der Waals surface area contributed by atoms with E-state index < -0.39 is 37.6 Å². The predicted molar refractivity (Wildman–Crippen MR) is 81.8 cm³/mol. The molecule has 0 saturated heterocycles. The predicted octanol–water partition coefficient (Wildman–Crippen LogP) is 0.704. The van der Waals surface area contributed by atoms with Crippen LogP contribution in [0.5, 0.6) is 0 Å². The molecule has 1 atom stereocenters. The van der Waals surface area contributed by atoms with Crippen molar-refractivity contribution in [1.82, 2.24) is 0 Å². The van der Waals surface area contributed by atoms with Gasteiger partial charge in [-0.05, 0) is 39.0 Å².